The van der Waals surface area contributed by atoms with Gasteiger partial charge < -0.3 is 20.1 Å². The Morgan fingerprint density at radius 3 is 2.06 bits per heavy atom. The van der Waals surface area contributed by atoms with Crippen molar-refractivity contribution in [3.05, 3.63) is 87.4 Å². The van der Waals surface area contributed by atoms with Crippen LogP contribution in [0, 0.1) is 0 Å². The van der Waals surface area contributed by atoms with Crippen LogP contribution in [0.1, 0.15) is 35.7 Å². The third kappa shape index (κ3) is 7.64. The van der Waals surface area contributed by atoms with Gasteiger partial charge in [0.05, 0.1) is 39.0 Å². The monoisotopic (exact) mass is 732 g/mol. The van der Waals surface area contributed by atoms with Crippen LogP contribution < -0.4 is 15.2 Å². The summed E-state index contributed by atoms with van der Waals surface area (Å²) >= 11 is 12.6. The normalized spacial score (nSPS) is 18.5. The van der Waals surface area contributed by atoms with Gasteiger partial charge in [0.25, 0.3) is 10.0 Å². The predicted octanol–water partition coefficient (Wildman–Crippen LogP) is 4.35. The van der Waals surface area contributed by atoms with E-state index in [0.29, 0.717) is 40.7 Å². The summed E-state index contributed by atoms with van der Waals surface area (Å²) in [5.74, 6) is 0.0109. The number of nitrogens with zero attached hydrogens (tertiary/aromatic N) is 5. The number of carbonyl (C=O) groups excluding carboxylic acids is 2. The minimum Gasteiger partial charge on any atom is -0.495 e. The number of benzene rings is 3. The maximum atomic E-state index is 14.8. The van der Waals surface area contributed by atoms with Crippen molar-refractivity contribution in [2.45, 2.75) is 23.9 Å². The molecule has 2 unspecified atom stereocenters. The van der Waals surface area contributed by atoms with E-state index >= 15 is 0 Å². The first-order valence-electron chi connectivity index (χ1n) is 15.4. The molecule has 5 rings (SSSR count). The number of hydroxylamine groups is 1. The molecule has 3 amide bonds. The molecular formula is C33H38Cl2N6O7S. The zero-order chi connectivity index (χ0) is 35.5. The highest BCUT2D eigenvalue weighted by Gasteiger charge is 2.45. The van der Waals surface area contributed by atoms with E-state index in [1.807, 2.05) is 29.2 Å². The lowest BCUT2D eigenvalue weighted by molar-refractivity contribution is -0.119. The molecule has 0 aliphatic carbocycles. The number of rotatable bonds is 11. The van der Waals surface area contributed by atoms with E-state index in [-0.39, 0.29) is 47.0 Å². The van der Waals surface area contributed by atoms with Crippen LogP contribution in [-0.2, 0) is 19.7 Å². The molecule has 1 fully saturated rings. The molecule has 2 heterocycles. The Kier molecular flexibility index (Phi) is 11.4. The Labute approximate surface area is 295 Å². The number of halogens is 2. The number of hydrogen-bond donors (Lipinski definition) is 1. The van der Waals surface area contributed by atoms with Crippen LogP contribution in [0.25, 0.3) is 0 Å². The lowest BCUT2D eigenvalue weighted by Gasteiger charge is -2.38. The number of primary amides is 1. The number of sulfonamides is 1. The number of ether oxygens (including phenoxy) is 2. The number of nitrogens with two attached hydrogens (primary N) is 1. The molecule has 2 aliphatic heterocycles. The minimum atomic E-state index is -4.24. The van der Waals surface area contributed by atoms with Gasteiger partial charge in [-0.3, -0.25) is 24.4 Å². The van der Waals surface area contributed by atoms with Gasteiger partial charge in [0.1, 0.15) is 28.3 Å². The highest BCUT2D eigenvalue weighted by Crippen LogP contribution is 2.46. The van der Waals surface area contributed by atoms with Gasteiger partial charge in [-0.1, -0.05) is 51.9 Å². The van der Waals surface area contributed by atoms with Crippen molar-refractivity contribution >= 4 is 51.0 Å². The topological polar surface area (TPSA) is 147 Å². The van der Waals surface area contributed by atoms with E-state index in [1.54, 1.807) is 41.0 Å². The number of methoxy groups -OCH3 is 1. The standard InChI is InChI=1S/C33H38Cl2N6O7S/c1-5-48-26-19-27(46-3)28(49(44,45)38(2)47-4)18-25(26)32-37-30(21-6-10-23(34)11-7-21)31(22-8-12-24(35)13-9-22)41(32)33(43)40-16-14-39(15-17-40)20-29(36)42/h6-13,18-19,30-31H,5,14-17,20H2,1-4H3,(H2,36,42). The van der Waals surface area contributed by atoms with Crippen molar-refractivity contribution in [2.24, 2.45) is 10.7 Å². The second-order valence-corrected chi connectivity index (χ2v) is 14.1. The third-order valence-electron chi connectivity index (χ3n) is 8.40. The van der Waals surface area contributed by atoms with Crippen LogP contribution in [0.5, 0.6) is 11.5 Å². The molecule has 0 spiro atoms. The van der Waals surface area contributed by atoms with Gasteiger partial charge >= 0.3 is 6.03 Å². The Bertz CT molecular complexity index is 1820. The molecule has 2 atom stereocenters. The predicted molar refractivity (Wildman–Crippen MR) is 185 cm³/mol. The maximum Gasteiger partial charge on any atom is 0.326 e. The highest BCUT2D eigenvalue weighted by atomic mass is 35.5. The van der Waals surface area contributed by atoms with E-state index in [1.165, 1.54) is 33.4 Å². The molecule has 0 bridgehead atoms. The van der Waals surface area contributed by atoms with Crippen molar-refractivity contribution < 1.29 is 32.3 Å². The summed E-state index contributed by atoms with van der Waals surface area (Å²) in [6, 6.07) is 15.5. The van der Waals surface area contributed by atoms with Crippen molar-refractivity contribution in [1.29, 1.82) is 0 Å². The minimum absolute atomic E-state index is 0.0154. The first-order chi connectivity index (χ1) is 23.4. The molecule has 0 saturated carbocycles. The summed E-state index contributed by atoms with van der Waals surface area (Å²) in [5, 5.41) is 1.04. The number of urea groups is 1. The third-order valence-corrected chi connectivity index (χ3v) is 10.6. The van der Waals surface area contributed by atoms with Crippen molar-refractivity contribution in [3.8, 4) is 11.5 Å². The average molecular weight is 734 g/mol. The summed E-state index contributed by atoms with van der Waals surface area (Å²) in [6.07, 6.45) is 0. The summed E-state index contributed by atoms with van der Waals surface area (Å²) in [5.41, 5.74) is 7.18. The van der Waals surface area contributed by atoms with Crippen LogP contribution in [0.3, 0.4) is 0 Å². The van der Waals surface area contributed by atoms with E-state index in [0.717, 1.165) is 11.1 Å². The van der Waals surface area contributed by atoms with Crippen molar-refractivity contribution in [3.63, 3.8) is 0 Å². The zero-order valence-electron chi connectivity index (χ0n) is 27.5. The molecule has 2 aliphatic rings. The average Bonchev–Trinajstić information content (AvgIpc) is 3.48. The second-order valence-electron chi connectivity index (χ2n) is 11.4. The molecule has 3 aromatic rings. The summed E-state index contributed by atoms with van der Waals surface area (Å²) < 4.78 is 39.6. The number of aliphatic imine (C=N–C) groups is 1. The quantitative estimate of drug-likeness (QED) is 0.287. The number of piperazine rings is 1. The first kappa shape index (κ1) is 36.4. The molecule has 16 heteroatoms. The number of amides is 3. The van der Waals surface area contributed by atoms with E-state index in [9.17, 15) is 18.0 Å². The molecule has 262 valence electrons. The number of hydrogen-bond acceptors (Lipinski definition) is 9. The SMILES string of the molecule is CCOc1cc(OC)c(S(=O)(=O)N(C)OC)cc1C1=NC(c2ccc(Cl)cc2)C(c2ccc(Cl)cc2)N1C(=O)N1CCN(CC(N)=O)CC1. The number of carbonyl (C=O) groups is 2. The van der Waals surface area contributed by atoms with Gasteiger partial charge in [0, 0.05) is 49.3 Å². The Morgan fingerprint density at radius 2 is 1.53 bits per heavy atom. The maximum absolute atomic E-state index is 14.8. The van der Waals surface area contributed by atoms with Crippen LogP contribution in [0.4, 0.5) is 4.79 Å². The summed E-state index contributed by atoms with van der Waals surface area (Å²) in [6.45, 7) is 3.59. The van der Waals surface area contributed by atoms with Gasteiger partial charge in [-0.15, -0.1) is 0 Å². The fourth-order valence-electron chi connectivity index (χ4n) is 5.91. The molecule has 13 nitrogen and oxygen atoms in total. The van der Waals surface area contributed by atoms with E-state index in [2.05, 4.69) is 0 Å². The fraction of sp³-hybridized carbons (Fsp3) is 0.364. The molecule has 3 aromatic carbocycles. The van der Waals surface area contributed by atoms with Gasteiger partial charge in [-0.05, 0) is 48.4 Å². The Morgan fingerprint density at radius 1 is 0.939 bits per heavy atom. The lowest BCUT2D eigenvalue weighted by atomic mass is 9.93. The summed E-state index contributed by atoms with van der Waals surface area (Å²) in [4.78, 5) is 41.6. The molecular weight excluding hydrogens is 695 g/mol. The molecule has 2 N–H and O–H groups in total. The van der Waals surface area contributed by atoms with Gasteiger partial charge in [0.2, 0.25) is 5.91 Å². The van der Waals surface area contributed by atoms with Crippen LogP contribution in [0.15, 0.2) is 70.6 Å². The highest BCUT2D eigenvalue weighted by molar-refractivity contribution is 7.89. The van der Waals surface area contributed by atoms with Gasteiger partial charge in [-0.2, -0.15) is 0 Å². The molecule has 0 aromatic heterocycles. The fourth-order valence-corrected chi connectivity index (χ4v) is 7.30. The summed E-state index contributed by atoms with van der Waals surface area (Å²) in [7, 11) is -0.394. The molecule has 49 heavy (non-hydrogen) atoms. The smallest absolute Gasteiger partial charge is 0.326 e. The van der Waals surface area contributed by atoms with Gasteiger partial charge in [0.15, 0.2) is 0 Å². The second kappa shape index (κ2) is 15.3. The van der Waals surface area contributed by atoms with E-state index < -0.39 is 28.0 Å². The van der Waals surface area contributed by atoms with E-state index in [4.69, 9.17) is 48.2 Å². The van der Waals surface area contributed by atoms with Crippen LogP contribution in [0.2, 0.25) is 10.0 Å². The zero-order valence-corrected chi connectivity index (χ0v) is 29.8. The first-order valence-corrected chi connectivity index (χ1v) is 17.6. The van der Waals surface area contributed by atoms with Gasteiger partial charge in [-0.25, -0.2) is 13.2 Å². The Hall–Kier alpha value is -3.92. The molecule has 0 radical (unpaired) electrons. The van der Waals surface area contributed by atoms with Crippen LogP contribution >= 0.6 is 23.2 Å². The van der Waals surface area contributed by atoms with Crippen LogP contribution in [-0.4, -0.2) is 106 Å². The van der Waals surface area contributed by atoms with Crippen molar-refractivity contribution in [1.82, 2.24) is 19.2 Å². The van der Waals surface area contributed by atoms with Crippen molar-refractivity contribution in [2.75, 3.05) is 60.6 Å². The number of amidine groups is 1. The largest absolute Gasteiger partial charge is 0.495 e. The Balaban J connectivity index is 1.74. The molecule has 1 saturated heterocycles. The lowest BCUT2D eigenvalue weighted by Crippen LogP contribution is -2.55.